The van der Waals surface area contributed by atoms with Crippen LogP contribution >= 0.6 is 0 Å². The number of esters is 1. The van der Waals surface area contributed by atoms with Crippen LogP contribution in [-0.4, -0.2) is 26.2 Å². The zero-order chi connectivity index (χ0) is 40.3. The number of fused-ring (bicyclic) bond motifs is 6. The SMILES string of the molecule is [CH2-]CCc1cc2c(ccc3c(-c4ccccc4C(F)(F)F)c4ccc5cc(N=Nc6ccc(N(C)CCCC(=O)OCC)cc6)ccc5c4oc32)c(CC[CH2-])[c]1=[Ni]. The predicted molar refractivity (Wildman–Crippen MR) is 220 cm³/mol. The van der Waals surface area contributed by atoms with Crippen molar-refractivity contribution in [3.8, 4) is 11.1 Å². The number of ether oxygens (including phenoxy) is 1. The zero-order valence-corrected chi connectivity index (χ0v) is 32.8. The Balaban J connectivity index is 1.33. The third-order valence-corrected chi connectivity index (χ3v) is 10.8. The van der Waals surface area contributed by atoms with E-state index >= 15 is 0 Å². The number of aryl methyl sites for hydroxylation is 2. The predicted octanol–water partition coefficient (Wildman–Crippen LogP) is 13.4. The van der Waals surface area contributed by atoms with Crippen LogP contribution in [0.1, 0.15) is 49.3 Å². The van der Waals surface area contributed by atoms with Crippen molar-refractivity contribution in [1.29, 1.82) is 0 Å². The van der Waals surface area contributed by atoms with Gasteiger partial charge in [-0.1, -0.05) is 0 Å². The molecule has 7 rings (SSSR count). The average molecular weight is 813 g/mol. The van der Waals surface area contributed by atoms with Crippen LogP contribution in [0.15, 0.2) is 112 Å². The first-order chi connectivity index (χ1) is 27.5. The number of halogens is 3. The van der Waals surface area contributed by atoms with E-state index in [-0.39, 0.29) is 11.5 Å². The Morgan fingerprint density at radius 3 is 2.18 bits per heavy atom. The Bertz CT molecular complexity index is 2710. The fourth-order valence-corrected chi connectivity index (χ4v) is 7.93. The summed E-state index contributed by atoms with van der Waals surface area (Å²) in [5.74, 6) is -0.193. The number of nitrogens with zero attached hydrogens (tertiary/aromatic N) is 3. The van der Waals surface area contributed by atoms with Gasteiger partial charge < -0.3 is 9.64 Å². The van der Waals surface area contributed by atoms with Gasteiger partial charge in [0.05, 0.1) is 12.3 Å². The van der Waals surface area contributed by atoms with Gasteiger partial charge in [-0.15, -0.1) is 0 Å². The standard InChI is InChI=1S/C47H42F3N3O3.Ni/c1-5-11-30-27-31(12-6-2)36-24-25-40-44(38-13-8-9-14-42(38)47(48,49)50)39-22-16-32-29-34(19-23-37(32)45(39)56-46(40)41(36)28-30)52-51-33-17-20-35(21-18-33)53(4)26-10-15-43(54)55-7-3;/h8-9,13-14,16-25,28-29H,1-2,5-7,10-12,15,26H2,3-4H3;/q-2;. The van der Waals surface area contributed by atoms with Crippen molar-refractivity contribution in [1.82, 2.24) is 0 Å². The van der Waals surface area contributed by atoms with Crippen molar-refractivity contribution in [2.24, 2.45) is 10.2 Å². The maximum atomic E-state index is 14.7. The van der Waals surface area contributed by atoms with Gasteiger partial charge in [-0.05, 0) is 37.6 Å². The minimum atomic E-state index is -4.58. The molecule has 57 heavy (non-hydrogen) atoms. The monoisotopic (exact) mass is 811 g/mol. The molecular formula is C47H42F3N3NiO3-2. The van der Waals surface area contributed by atoms with Crippen molar-refractivity contribution in [3.63, 3.8) is 0 Å². The molecule has 0 saturated heterocycles. The fraction of sp³-hybridized carbons (Fsp3) is 0.234. The van der Waals surface area contributed by atoms with E-state index < -0.39 is 11.7 Å². The van der Waals surface area contributed by atoms with Gasteiger partial charge in [0.2, 0.25) is 0 Å². The first-order valence-corrected chi connectivity index (χ1v) is 19.5. The molecule has 0 atom stereocenters. The summed E-state index contributed by atoms with van der Waals surface area (Å²) in [6.45, 7) is 11.0. The van der Waals surface area contributed by atoms with Crippen LogP contribution in [0.2, 0.25) is 0 Å². The van der Waals surface area contributed by atoms with E-state index in [9.17, 15) is 18.0 Å². The fourth-order valence-electron chi connectivity index (χ4n) is 7.48. The summed E-state index contributed by atoms with van der Waals surface area (Å²) in [5.41, 5.74) is 4.99. The molecule has 0 radical (unpaired) electrons. The number of rotatable bonds is 13. The van der Waals surface area contributed by atoms with E-state index in [1.807, 2.05) is 79.8 Å². The maximum absolute atomic E-state index is 14.7. The number of carbonyl (C=O) groups is 1. The second-order valence-electron chi connectivity index (χ2n) is 14.0. The molecule has 1 heterocycles. The number of hydrogen-bond donors (Lipinski definition) is 0. The van der Waals surface area contributed by atoms with Crippen molar-refractivity contribution in [3.05, 3.63) is 132 Å². The van der Waals surface area contributed by atoms with Crippen LogP contribution in [0, 0.1) is 18.0 Å². The molecule has 7 aromatic rings. The van der Waals surface area contributed by atoms with Gasteiger partial charge in [-0.25, -0.2) is 0 Å². The van der Waals surface area contributed by atoms with Crippen LogP contribution in [0.4, 0.5) is 30.2 Å². The Labute approximate surface area is 337 Å². The second-order valence-corrected chi connectivity index (χ2v) is 14.5. The molecule has 6 nitrogen and oxygen atoms in total. The molecule has 0 N–H and O–H groups in total. The number of carbonyl (C=O) groups excluding carboxylic acids is 1. The van der Waals surface area contributed by atoms with Gasteiger partial charge in [0.25, 0.3) is 0 Å². The van der Waals surface area contributed by atoms with Gasteiger partial charge in [0.15, 0.2) is 0 Å². The Kier molecular flexibility index (Phi) is 11.9. The average Bonchev–Trinajstić information content (AvgIpc) is 3.20. The molecule has 0 amide bonds. The number of anilines is 1. The van der Waals surface area contributed by atoms with Crippen LogP contribution < -0.4 is 4.90 Å². The number of hydrogen-bond acceptors (Lipinski definition) is 6. The van der Waals surface area contributed by atoms with Gasteiger partial charge >= 0.3 is 243 Å². The van der Waals surface area contributed by atoms with Crippen molar-refractivity contribution >= 4 is 66.5 Å². The van der Waals surface area contributed by atoms with E-state index in [4.69, 9.17) is 24.2 Å². The summed E-state index contributed by atoms with van der Waals surface area (Å²) in [4.78, 5) is 13.7. The minimum absolute atomic E-state index is 0.0758. The normalized spacial score (nSPS) is 12.1. The van der Waals surface area contributed by atoms with Gasteiger partial charge in [-0.3, -0.25) is 4.79 Å². The first-order valence-electron chi connectivity index (χ1n) is 19.0. The Hall–Kier alpha value is -5.34. The molecule has 0 unspecified atom stereocenters. The molecule has 1 aromatic heterocycles. The molecule has 0 aliphatic rings. The molecule has 0 saturated carbocycles. The number of azo groups is 1. The van der Waals surface area contributed by atoms with E-state index in [2.05, 4.69) is 29.0 Å². The van der Waals surface area contributed by atoms with Crippen LogP contribution in [-0.2, 0) is 43.6 Å². The van der Waals surface area contributed by atoms with E-state index in [0.29, 0.717) is 90.6 Å². The summed E-state index contributed by atoms with van der Waals surface area (Å²) in [7, 11) is 1.97. The van der Waals surface area contributed by atoms with Gasteiger partial charge in [-0.2, -0.15) is 5.11 Å². The molecule has 0 fully saturated rings. The van der Waals surface area contributed by atoms with Crippen molar-refractivity contribution in [2.45, 2.75) is 51.6 Å². The first kappa shape index (κ1) is 39.9. The van der Waals surface area contributed by atoms with Gasteiger partial charge in [0, 0.05) is 25.7 Å². The van der Waals surface area contributed by atoms with E-state index in [1.165, 1.54) is 12.1 Å². The summed E-state index contributed by atoms with van der Waals surface area (Å²) in [5, 5.41) is 13.3. The van der Waals surface area contributed by atoms with Crippen LogP contribution in [0.3, 0.4) is 0 Å². The number of benzene rings is 6. The zero-order valence-electron chi connectivity index (χ0n) is 31.8. The summed E-state index contributed by atoms with van der Waals surface area (Å²) < 4.78 is 56.7. The molecule has 10 heteroatoms. The number of alkyl halides is 3. The quantitative estimate of drug-likeness (QED) is 0.0290. The Morgan fingerprint density at radius 2 is 1.46 bits per heavy atom. The summed E-state index contributed by atoms with van der Waals surface area (Å²) in [6.07, 6.45) is -0.909. The molecular weight excluding hydrogens is 770 g/mol. The molecule has 0 aliphatic heterocycles. The molecule has 6 aromatic carbocycles. The summed E-state index contributed by atoms with van der Waals surface area (Å²) in [6, 6.07) is 28.5. The molecule has 0 aliphatic carbocycles. The van der Waals surface area contributed by atoms with Crippen LogP contribution in [0.25, 0.3) is 54.6 Å². The van der Waals surface area contributed by atoms with Crippen molar-refractivity contribution in [2.75, 3.05) is 25.1 Å². The topological polar surface area (TPSA) is 67.4 Å². The van der Waals surface area contributed by atoms with Crippen LogP contribution in [0.5, 0.6) is 0 Å². The molecule has 0 spiro atoms. The van der Waals surface area contributed by atoms with E-state index in [0.717, 1.165) is 48.6 Å². The summed E-state index contributed by atoms with van der Waals surface area (Å²) >= 11 is 5.56. The third-order valence-electron chi connectivity index (χ3n) is 10.2. The Morgan fingerprint density at radius 1 is 0.807 bits per heavy atom. The van der Waals surface area contributed by atoms with Crippen molar-refractivity contribution < 1.29 is 42.2 Å². The second kappa shape index (κ2) is 17.0. The molecule has 296 valence electrons. The van der Waals surface area contributed by atoms with Gasteiger partial charge in [0.1, 0.15) is 0 Å². The third kappa shape index (κ3) is 8.24. The molecule has 0 bridgehead atoms. The van der Waals surface area contributed by atoms with E-state index in [1.54, 1.807) is 13.0 Å².